The molecule has 4 rings (SSSR count). The van der Waals surface area contributed by atoms with Gasteiger partial charge in [-0.05, 0) is 24.4 Å². The molecular formula is C24H19N3O2S. The number of carbonyl (C=O) groups excluding carboxylic acids is 1. The molecule has 0 aliphatic carbocycles. The average molecular weight is 414 g/mol. The van der Waals surface area contributed by atoms with Gasteiger partial charge in [0.2, 0.25) is 5.76 Å². The number of fused-ring (bicyclic) bond motifs is 1. The third-order valence-electron chi connectivity index (χ3n) is 4.37. The summed E-state index contributed by atoms with van der Waals surface area (Å²) < 4.78 is 6.95. The number of benzene rings is 3. The van der Waals surface area contributed by atoms with Crippen molar-refractivity contribution >= 4 is 45.0 Å². The summed E-state index contributed by atoms with van der Waals surface area (Å²) in [5.41, 5.74) is 2.90. The molecule has 148 valence electrons. The molecule has 1 amide bonds. The molecule has 0 radical (unpaired) electrons. The zero-order valence-electron chi connectivity index (χ0n) is 16.1. The Bertz CT molecular complexity index is 1170. The Kier molecular flexibility index (Phi) is 5.96. The van der Waals surface area contributed by atoms with Crippen LogP contribution in [0.25, 0.3) is 15.9 Å². The fourth-order valence-electron chi connectivity index (χ4n) is 2.94. The SMILES string of the molecule is C=N/C(=C(\OCc1ccccc1)C(=O)Nc1nc2ccccc2s1)c1ccccc1. The van der Waals surface area contributed by atoms with Crippen LogP contribution in [0.15, 0.2) is 95.7 Å². The fourth-order valence-corrected chi connectivity index (χ4v) is 3.80. The van der Waals surface area contributed by atoms with Gasteiger partial charge >= 0.3 is 0 Å². The van der Waals surface area contributed by atoms with Crippen LogP contribution in [0.1, 0.15) is 11.1 Å². The lowest BCUT2D eigenvalue weighted by Crippen LogP contribution is -2.18. The monoisotopic (exact) mass is 413 g/mol. The first-order chi connectivity index (χ1) is 14.7. The smallest absolute Gasteiger partial charge is 0.294 e. The Morgan fingerprint density at radius 1 is 0.967 bits per heavy atom. The fraction of sp³-hybridized carbons (Fsp3) is 0.0417. The molecule has 0 spiro atoms. The van der Waals surface area contributed by atoms with E-state index in [9.17, 15) is 4.79 Å². The van der Waals surface area contributed by atoms with Crippen LogP contribution < -0.4 is 5.32 Å². The van der Waals surface area contributed by atoms with E-state index in [1.165, 1.54) is 11.3 Å². The van der Waals surface area contributed by atoms with E-state index < -0.39 is 5.91 Å². The van der Waals surface area contributed by atoms with Crippen LogP contribution in [0.3, 0.4) is 0 Å². The molecule has 4 aromatic rings. The van der Waals surface area contributed by atoms with Crippen molar-refractivity contribution < 1.29 is 9.53 Å². The van der Waals surface area contributed by atoms with Gasteiger partial charge in [0, 0.05) is 5.56 Å². The van der Waals surface area contributed by atoms with Crippen LogP contribution >= 0.6 is 11.3 Å². The van der Waals surface area contributed by atoms with Crippen LogP contribution in [0.4, 0.5) is 5.13 Å². The molecule has 0 aliphatic rings. The van der Waals surface area contributed by atoms with Gasteiger partial charge in [-0.3, -0.25) is 15.1 Å². The summed E-state index contributed by atoms with van der Waals surface area (Å²) in [6.45, 7) is 3.89. The maximum atomic E-state index is 13.2. The maximum absolute atomic E-state index is 13.2. The third kappa shape index (κ3) is 4.45. The van der Waals surface area contributed by atoms with Gasteiger partial charge in [0.1, 0.15) is 12.3 Å². The van der Waals surface area contributed by atoms with Crippen molar-refractivity contribution in [2.45, 2.75) is 6.61 Å². The number of hydrogen-bond acceptors (Lipinski definition) is 5. The highest BCUT2D eigenvalue weighted by molar-refractivity contribution is 7.22. The highest BCUT2D eigenvalue weighted by atomic mass is 32.1. The number of carbonyl (C=O) groups is 1. The summed E-state index contributed by atoms with van der Waals surface area (Å²) in [5.74, 6) is -0.324. The molecule has 0 unspecified atom stereocenters. The van der Waals surface area contributed by atoms with Crippen LogP contribution in [0.5, 0.6) is 0 Å². The van der Waals surface area contributed by atoms with E-state index in [1.807, 2.05) is 84.9 Å². The zero-order valence-corrected chi connectivity index (χ0v) is 16.9. The first kappa shape index (κ1) is 19.5. The molecule has 0 fully saturated rings. The number of nitrogens with zero attached hydrogens (tertiary/aromatic N) is 2. The number of aliphatic imine (C=N–C) groups is 1. The largest absolute Gasteiger partial charge is 0.481 e. The molecule has 5 nitrogen and oxygen atoms in total. The quantitative estimate of drug-likeness (QED) is 0.246. The van der Waals surface area contributed by atoms with Crippen molar-refractivity contribution in [2.24, 2.45) is 4.99 Å². The second-order valence-corrected chi connectivity index (χ2v) is 7.45. The number of anilines is 1. The number of para-hydroxylation sites is 1. The summed E-state index contributed by atoms with van der Waals surface area (Å²) in [4.78, 5) is 21.7. The highest BCUT2D eigenvalue weighted by Crippen LogP contribution is 2.27. The molecule has 30 heavy (non-hydrogen) atoms. The minimum absolute atomic E-state index is 0.0966. The predicted molar refractivity (Wildman–Crippen MR) is 122 cm³/mol. The summed E-state index contributed by atoms with van der Waals surface area (Å²) in [6, 6.07) is 26.8. The van der Waals surface area contributed by atoms with Crippen molar-refractivity contribution in [1.82, 2.24) is 4.98 Å². The van der Waals surface area contributed by atoms with Gasteiger partial charge in [-0.25, -0.2) is 4.98 Å². The Morgan fingerprint density at radius 3 is 2.33 bits per heavy atom. The summed E-state index contributed by atoms with van der Waals surface area (Å²) in [7, 11) is 0. The number of aromatic nitrogens is 1. The molecule has 1 heterocycles. The topological polar surface area (TPSA) is 63.6 Å². The lowest BCUT2D eigenvalue weighted by atomic mass is 10.1. The first-order valence-corrected chi connectivity index (χ1v) is 10.2. The van der Waals surface area contributed by atoms with E-state index in [1.54, 1.807) is 0 Å². The van der Waals surface area contributed by atoms with Crippen LogP contribution in [-0.2, 0) is 16.1 Å². The standard InChI is InChI=1S/C24H19N3O2S/c1-25-21(18-12-6-3-7-13-18)22(29-16-17-10-4-2-5-11-17)23(28)27-24-26-19-14-8-9-15-20(19)30-24/h2-15H,1,16H2,(H,26,27,28)/b22-21-. The van der Waals surface area contributed by atoms with Crippen molar-refractivity contribution in [3.05, 3.63) is 102 Å². The molecule has 1 aromatic heterocycles. The highest BCUT2D eigenvalue weighted by Gasteiger charge is 2.20. The molecule has 3 aromatic carbocycles. The van der Waals surface area contributed by atoms with Gasteiger partial charge in [0.15, 0.2) is 5.13 Å². The lowest BCUT2D eigenvalue weighted by Gasteiger charge is -2.13. The number of ether oxygens (including phenoxy) is 1. The van der Waals surface area contributed by atoms with Gasteiger partial charge in [0.05, 0.1) is 10.2 Å². The van der Waals surface area contributed by atoms with Gasteiger partial charge < -0.3 is 4.74 Å². The molecule has 0 bridgehead atoms. The van der Waals surface area contributed by atoms with Gasteiger partial charge in [-0.2, -0.15) is 0 Å². The molecule has 0 aliphatic heterocycles. The Morgan fingerprint density at radius 2 is 1.63 bits per heavy atom. The van der Waals surface area contributed by atoms with E-state index in [0.717, 1.165) is 21.3 Å². The molecule has 0 saturated carbocycles. The summed E-state index contributed by atoms with van der Waals surface area (Å²) >= 11 is 1.41. The first-order valence-electron chi connectivity index (χ1n) is 9.34. The van der Waals surface area contributed by atoms with E-state index in [4.69, 9.17) is 4.74 Å². The molecular weight excluding hydrogens is 394 g/mol. The van der Waals surface area contributed by atoms with Crippen LogP contribution in [0, 0.1) is 0 Å². The minimum Gasteiger partial charge on any atom is -0.481 e. The number of rotatable bonds is 7. The Balaban J connectivity index is 1.67. The van der Waals surface area contributed by atoms with Crippen molar-refractivity contribution in [1.29, 1.82) is 0 Å². The number of nitrogens with one attached hydrogen (secondary N) is 1. The molecule has 1 N–H and O–H groups in total. The Labute approximate surface area is 178 Å². The normalized spacial score (nSPS) is 11.6. The van der Waals surface area contributed by atoms with Gasteiger partial charge in [-0.15, -0.1) is 0 Å². The number of amides is 1. The van der Waals surface area contributed by atoms with Crippen LogP contribution in [-0.4, -0.2) is 17.6 Å². The van der Waals surface area contributed by atoms with Crippen LogP contribution in [0.2, 0.25) is 0 Å². The summed E-state index contributed by atoms with van der Waals surface area (Å²) in [5, 5.41) is 3.35. The van der Waals surface area contributed by atoms with E-state index in [0.29, 0.717) is 10.8 Å². The summed E-state index contributed by atoms with van der Waals surface area (Å²) in [6.07, 6.45) is 0. The van der Waals surface area contributed by atoms with E-state index in [-0.39, 0.29) is 12.4 Å². The average Bonchev–Trinajstić information content (AvgIpc) is 3.20. The molecule has 0 saturated heterocycles. The molecule has 0 atom stereocenters. The van der Waals surface area contributed by atoms with Crippen molar-refractivity contribution in [3.63, 3.8) is 0 Å². The number of thiazole rings is 1. The van der Waals surface area contributed by atoms with E-state index in [2.05, 4.69) is 22.0 Å². The van der Waals surface area contributed by atoms with Gasteiger partial charge in [0.25, 0.3) is 5.91 Å². The third-order valence-corrected chi connectivity index (χ3v) is 5.32. The second kappa shape index (κ2) is 9.15. The maximum Gasteiger partial charge on any atom is 0.294 e. The van der Waals surface area contributed by atoms with E-state index >= 15 is 0 Å². The predicted octanol–water partition coefficient (Wildman–Crippen LogP) is 5.52. The van der Waals surface area contributed by atoms with Gasteiger partial charge in [-0.1, -0.05) is 84.1 Å². The van der Waals surface area contributed by atoms with Crippen molar-refractivity contribution in [2.75, 3.05) is 5.32 Å². The second-order valence-electron chi connectivity index (χ2n) is 6.42. The lowest BCUT2D eigenvalue weighted by molar-refractivity contribution is -0.116. The Hall–Kier alpha value is -3.77. The zero-order chi connectivity index (χ0) is 20.8. The minimum atomic E-state index is -0.420. The van der Waals surface area contributed by atoms with Crippen molar-refractivity contribution in [3.8, 4) is 0 Å². The molecule has 6 heteroatoms. The number of hydrogen-bond donors (Lipinski definition) is 1.